The van der Waals surface area contributed by atoms with Crippen molar-refractivity contribution in [1.82, 2.24) is 0 Å². The van der Waals surface area contributed by atoms with Crippen LogP contribution >= 0.6 is 7.60 Å². The summed E-state index contributed by atoms with van der Waals surface area (Å²) in [5.41, 5.74) is 3.77. The summed E-state index contributed by atoms with van der Waals surface area (Å²) in [4.78, 5) is 26.5. The Hall–Kier alpha value is -0.220. The van der Waals surface area contributed by atoms with Gasteiger partial charge in [0.15, 0.2) is 0 Å². The van der Waals surface area contributed by atoms with E-state index in [2.05, 4.69) is 0 Å². The molecule has 0 heterocycles. The molecule has 9 heavy (non-hydrogen) atoms. The van der Waals surface area contributed by atoms with E-state index in [0.29, 0.717) is 0 Å². The number of nitrogens with two attached hydrogens (primary N) is 1. The summed E-state index contributed by atoms with van der Waals surface area (Å²) in [6.07, 6.45) is -0.260. The van der Waals surface area contributed by atoms with Crippen molar-refractivity contribution in [2.45, 2.75) is 6.42 Å². The Morgan fingerprint density at radius 2 is 2.00 bits per heavy atom. The van der Waals surface area contributed by atoms with Crippen molar-refractivity contribution in [3.8, 4) is 0 Å². The van der Waals surface area contributed by atoms with E-state index in [-0.39, 0.29) is 13.0 Å². The quantitative estimate of drug-likeness (QED) is 0.453. The van der Waals surface area contributed by atoms with Crippen molar-refractivity contribution >= 4 is 13.1 Å². The molecule has 0 amide bonds. The molecule has 5 nitrogen and oxygen atoms in total. The Morgan fingerprint density at radius 1 is 1.56 bits per heavy atom. The molecule has 0 saturated carbocycles. The van der Waals surface area contributed by atoms with Gasteiger partial charge in [-0.1, -0.05) is 0 Å². The lowest BCUT2D eigenvalue weighted by atomic mass is 10.5. The fourth-order valence-corrected chi connectivity index (χ4v) is 0.690. The maximum absolute atomic E-state index is 10.2. The van der Waals surface area contributed by atoms with Crippen LogP contribution in [0.15, 0.2) is 0 Å². The molecule has 0 aliphatic heterocycles. The van der Waals surface area contributed by atoms with Gasteiger partial charge in [0, 0.05) is 6.42 Å². The zero-order valence-electron chi connectivity index (χ0n) is 4.65. The first-order chi connectivity index (χ1) is 3.98. The Balaban J connectivity index is 3.90. The highest BCUT2D eigenvalue weighted by Gasteiger charge is 2.23. The summed E-state index contributed by atoms with van der Waals surface area (Å²) in [7, 11) is -4.49. The predicted octanol–water partition coefficient (Wildman–Crippen LogP) is -0.961. The second kappa shape index (κ2) is 3.08. The predicted molar refractivity (Wildman–Crippen MR) is 30.7 cm³/mol. The zero-order chi connectivity index (χ0) is 7.49. The zero-order valence-corrected chi connectivity index (χ0v) is 5.54. The van der Waals surface area contributed by atoms with Gasteiger partial charge in [0.25, 0.3) is 0 Å². The van der Waals surface area contributed by atoms with E-state index < -0.39 is 13.1 Å². The Bertz CT molecular complexity index is 150. The molecule has 0 aromatic rings. The van der Waals surface area contributed by atoms with Crippen LogP contribution in [0, 0.1) is 0 Å². The second-order valence-corrected chi connectivity index (χ2v) is 3.06. The third-order valence-electron chi connectivity index (χ3n) is 0.683. The van der Waals surface area contributed by atoms with Gasteiger partial charge in [0.2, 0.25) is 5.52 Å². The molecule has 0 aromatic heterocycles. The summed E-state index contributed by atoms with van der Waals surface area (Å²) >= 11 is 0. The fourth-order valence-electron chi connectivity index (χ4n) is 0.269. The maximum atomic E-state index is 10.2. The molecule has 4 N–H and O–H groups in total. The molecule has 0 atom stereocenters. The average molecular weight is 153 g/mol. The number of rotatable bonds is 3. The third kappa shape index (κ3) is 3.37. The Morgan fingerprint density at radius 3 is 2.11 bits per heavy atom. The largest absolute Gasteiger partial charge is 0.391 e. The van der Waals surface area contributed by atoms with Crippen LogP contribution in [-0.4, -0.2) is 21.9 Å². The number of hydrogen-bond donors (Lipinski definition) is 3. The van der Waals surface area contributed by atoms with E-state index >= 15 is 0 Å². The summed E-state index contributed by atoms with van der Waals surface area (Å²) in [6, 6.07) is 0. The fraction of sp³-hybridized carbons (Fsp3) is 0.667. The van der Waals surface area contributed by atoms with Gasteiger partial charge in [-0.05, 0) is 6.54 Å². The summed E-state index contributed by atoms with van der Waals surface area (Å²) in [6.45, 7) is -0.0239. The van der Waals surface area contributed by atoms with E-state index in [9.17, 15) is 9.36 Å². The first kappa shape index (κ1) is 8.78. The van der Waals surface area contributed by atoms with Gasteiger partial charge in [-0.15, -0.1) is 0 Å². The monoisotopic (exact) mass is 153 g/mol. The number of hydrogen-bond acceptors (Lipinski definition) is 3. The van der Waals surface area contributed by atoms with E-state index in [1.165, 1.54) is 0 Å². The van der Waals surface area contributed by atoms with Crippen LogP contribution in [0.1, 0.15) is 6.42 Å². The molecule has 0 aliphatic rings. The van der Waals surface area contributed by atoms with Crippen LogP contribution in [-0.2, 0) is 9.36 Å². The van der Waals surface area contributed by atoms with E-state index in [4.69, 9.17) is 15.5 Å². The van der Waals surface area contributed by atoms with Gasteiger partial charge in [-0.2, -0.15) is 0 Å². The lowest BCUT2D eigenvalue weighted by molar-refractivity contribution is -0.113. The topological polar surface area (TPSA) is 101 Å². The SMILES string of the molecule is NCCC(=O)P(=O)(O)O. The summed E-state index contributed by atoms with van der Waals surface area (Å²) in [5.74, 6) is 0. The molecular formula is C3H8NO4P. The average Bonchev–Trinajstić information content (AvgIpc) is 1.64. The van der Waals surface area contributed by atoms with Crippen LogP contribution < -0.4 is 5.73 Å². The molecule has 0 saturated heterocycles. The molecule has 0 spiro atoms. The second-order valence-electron chi connectivity index (χ2n) is 1.48. The molecule has 0 aliphatic carbocycles. The first-order valence-corrected chi connectivity index (χ1v) is 3.88. The maximum Gasteiger partial charge on any atom is 0.391 e. The molecule has 0 aromatic carbocycles. The highest BCUT2D eigenvalue weighted by Crippen LogP contribution is 2.36. The van der Waals surface area contributed by atoms with Crippen LogP contribution in [0.4, 0.5) is 0 Å². The molecule has 0 radical (unpaired) electrons. The van der Waals surface area contributed by atoms with Crippen molar-refractivity contribution in [1.29, 1.82) is 0 Å². The molecular weight excluding hydrogens is 145 g/mol. The highest BCUT2D eigenvalue weighted by atomic mass is 31.2. The number of carbonyl (C=O) groups is 1. The van der Waals surface area contributed by atoms with Gasteiger partial charge >= 0.3 is 7.60 Å². The van der Waals surface area contributed by atoms with E-state index in [0.717, 1.165) is 0 Å². The summed E-state index contributed by atoms with van der Waals surface area (Å²) in [5, 5.41) is 0. The molecule has 0 unspecified atom stereocenters. The lowest BCUT2D eigenvalue weighted by Crippen LogP contribution is -2.07. The van der Waals surface area contributed by atoms with Crippen LogP contribution in [0.2, 0.25) is 0 Å². The Labute approximate surface area is 52.0 Å². The van der Waals surface area contributed by atoms with Crippen molar-refractivity contribution in [3.63, 3.8) is 0 Å². The first-order valence-electron chi connectivity index (χ1n) is 2.27. The van der Waals surface area contributed by atoms with Gasteiger partial charge in [0.05, 0.1) is 0 Å². The molecule has 0 bridgehead atoms. The van der Waals surface area contributed by atoms with Gasteiger partial charge in [0.1, 0.15) is 0 Å². The van der Waals surface area contributed by atoms with Crippen molar-refractivity contribution in [2.75, 3.05) is 6.54 Å². The molecule has 6 heteroatoms. The van der Waals surface area contributed by atoms with Gasteiger partial charge in [-0.25, -0.2) is 0 Å². The van der Waals surface area contributed by atoms with E-state index in [1.807, 2.05) is 0 Å². The lowest BCUT2D eigenvalue weighted by Gasteiger charge is -1.98. The minimum absolute atomic E-state index is 0.0239. The van der Waals surface area contributed by atoms with Gasteiger partial charge < -0.3 is 15.5 Å². The minimum atomic E-state index is -4.49. The highest BCUT2D eigenvalue weighted by molar-refractivity contribution is 7.70. The normalized spacial score (nSPS) is 11.4. The number of carbonyl (C=O) groups excluding carboxylic acids is 1. The van der Waals surface area contributed by atoms with Crippen molar-refractivity contribution in [3.05, 3.63) is 0 Å². The standard InChI is InChI=1S/C3H8NO4P/c4-2-1-3(5)9(6,7)8/h1-2,4H2,(H2,6,7,8). The van der Waals surface area contributed by atoms with E-state index in [1.54, 1.807) is 0 Å². The molecule has 54 valence electrons. The van der Waals surface area contributed by atoms with Crippen LogP contribution in [0.3, 0.4) is 0 Å². The third-order valence-corrected chi connectivity index (χ3v) is 1.56. The summed E-state index contributed by atoms with van der Waals surface area (Å²) < 4.78 is 10.0. The van der Waals surface area contributed by atoms with Gasteiger partial charge in [-0.3, -0.25) is 9.36 Å². The minimum Gasteiger partial charge on any atom is -0.330 e. The van der Waals surface area contributed by atoms with Crippen LogP contribution in [0.25, 0.3) is 0 Å². The smallest absolute Gasteiger partial charge is 0.330 e. The van der Waals surface area contributed by atoms with Crippen molar-refractivity contribution < 1.29 is 19.1 Å². The molecule has 0 rings (SSSR count). The van der Waals surface area contributed by atoms with Crippen LogP contribution in [0.5, 0.6) is 0 Å². The molecule has 0 fully saturated rings. The van der Waals surface area contributed by atoms with Crippen molar-refractivity contribution in [2.24, 2.45) is 5.73 Å². The Kier molecular flexibility index (Phi) is 3.00.